The zero-order valence-electron chi connectivity index (χ0n) is 10.9. The van der Waals surface area contributed by atoms with E-state index in [-0.39, 0.29) is 16.3 Å². The molecule has 0 heterocycles. The second kappa shape index (κ2) is 5.88. The number of benzene rings is 2. The monoisotopic (exact) mass is 308 g/mol. The van der Waals surface area contributed by atoms with E-state index in [2.05, 4.69) is 5.32 Å². The van der Waals surface area contributed by atoms with Crippen LogP contribution in [0.2, 0.25) is 5.02 Å². The Balaban J connectivity index is 2.32. The Hall–Kier alpha value is -2.47. The fourth-order valence-electron chi connectivity index (χ4n) is 1.76. The highest BCUT2D eigenvalue weighted by Crippen LogP contribution is 2.24. The summed E-state index contributed by atoms with van der Waals surface area (Å²) in [7, 11) is 0. The lowest BCUT2D eigenvalue weighted by atomic mass is 10.1. The van der Waals surface area contributed by atoms with Crippen LogP contribution >= 0.6 is 11.6 Å². The SMILES string of the molecule is Cc1cc(F)ccc1NC(=O)c1cc([N+](=O)[O-])ccc1Cl. The van der Waals surface area contributed by atoms with Crippen LogP contribution in [0.25, 0.3) is 0 Å². The van der Waals surface area contributed by atoms with E-state index >= 15 is 0 Å². The summed E-state index contributed by atoms with van der Waals surface area (Å²) in [4.78, 5) is 22.2. The molecule has 0 radical (unpaired) electrons. The third-order valence-corrected chi connectivity index (χ3v) is 3.17. The maximum atomic E-state index is 13.0. The molecule has 0 saturated heterocycles. The number of nitrogens with zero attached hydrogens (tertiary/aromatic N) is 1. The molecule has 0 saturated carbocycles. The van der Waals surface area contributed by atoms with Crippen LogP contribution in [-0.2, 0) is 0 Å². The zero-order valence-corrected chi connectivity index (χ0v) is 11.6. The van der Waals surface area contributed by atoms with E-state index in [1.165, 1.54) is 30.3 Å². The first-order chi connectivity index (χ1) is 9.88. The number of hydrogen-bond acceptors (Lipinski definition) is 3. The van der Waals surface area contributed by atoms with Gasteiger partial charge in [0.15, 0.2) is 0 Å². The molecule has 0 bridgehead atoms. The molecule has 0 aliphatic carbocycles. The summed E-state index contributed by atoms with van der Waals surface area (Å²) in [5.74, 6) is -1.02. The average Bonchev–Trinajstić information content (AvgIpc) is 2.42. The number of carbonyl (C=O) groups excluding carboxylic acids is 1. The van der Waals surface area contributed by atoms with Gasteiger partial charge in [-0.05, 0) is 36.8 Å². The van der Waals surface area contributed by atoms with Crippen LogP contribution in [-0.4, -0.2) is 10.8 Å². The summed E-state index contributed by atoms with van der Waals surface area (Å²) < 4.78 is 13.0. The Morgan fingerprint density at radius 1 is 1.29 bits per heavy atom. The summed E-state index contributed by atoms with van der Waals surface area (Å²) in [5, 5.41) is 13.4. The smallest absolute Gasteiger partial charge is 0.270 e. The highest BCUT2D eigenvalue weighted by atomic mass is 35.5. The van der Waals surface area contributed by atoms with Crippen LogP contribution in [0.3, 0.4) is 0 Å². The second-order valence-corrected chi connectivity index (χ2v) is 4.74. The zero-order chi connectivity index (χ0) is 15.6. The van der Waals surface area contributed by atoms with Gasteiger partial charge in [0.25, 0.3) is 11.6 Å². The quantitative estimate of drug-likeness (QED) is 0.689. The van der Waals surface area contributed by atoms with Crippen LogP contribution < -0.4 is 5.32 Å². The van der Waals surface area contributed by atoms with Gasteiger partial charge in [0, 0.05) is 17.8 Å². The molecule has 0 aromatic heterocycles. The predicted octanol–water partition coefficient (Wildman–Crippen LogP) is 3.95. The average molecular weight is 309 g/mol. The van der Waals surface area contributed by atoms with Crippen molar-refractivity contribution in [3.8, 4) is 0 Å². The molecule has 2 aromatic rings. The maximum absolute atomic E-state index is 13.0. The number of aryl methyl sites for hydroxylation is 1. The lowest BCUT2D eigenvalue weighted by Crippen LogP contribution is -2.13. The third kappa shape index (κ3) is 3.35. The van der Waals surface area contributed by atoms with Crippen molar-refractivity contribution in [3.05, 3.63) is 68.5 Å². The number of halogens is 2. The van der Waals surface area contributed by atoms with Gasteiger partial charge < -0.3 is 5.32 Å². The molecular weight excluding hydrogens is 299 g/mol. The molecule has 0 spiro atoms. The molecular formula is C14H10ClFN2O3. The predicted molar refractivity (Wildman–Crippen MR) is 77.2 cm³/mol. The van der Waals surface area contributed by atoms with Gasteiger partial charge in [0.05, 0.1) is 15.5 Å². The van der Waals surface area contributed by atoms with Crippen LogP contribution in [0.15, 0.2) is 36.4 Å². The molecule has 2 aromatic carbocycles. The van der Waals surface area contributed by atoms with Gasteiger partial charge in [-0.2, -0.15) is 0 Å². The minimum absolute atomic E-state index is 0.0189. The molecule has 0 unspecified atom stereocenters. The summed E-state index contributed by atoms with van der Waals surface area (Å²) >= 11 is 5.88. The van der Waals surface area contributed by atoms with Crippen molar-refractivity contribution >= 4 is 28.9 Å². The lowest BCUT2D eigenvalue weighted by molar-refractivity contribution is -0.384. The van der Waals surface area contributed by atoms with Crippen LogP contribution in [0, 0.1) is 22.9 Å². The van der Waals surface area contributed by atoms with E-state index in [9.17, 15) is 19.3 Å². The van der Waals surface area contributed by atoms with E-state index in [0.29, 0.717) is 11.3 Å². The Labute approximate surface area is 124 Å². The number of nitro groups is 1. The van der Waals surface area contributed by atoms with E-state index < -0.39 is 16.6 Å². The van der Waals surface area contributed by atoms with Crippen molar-refractivity contribution in [1.82, 2.24) is 0 Å². The molecule has 1 amide bonds. The Kier molecular flexibility index (Phi) is 4.18. The number of hydrogen-bond donors (Lipinski definition) is 1. The van der Waals surface area contributed by atoms with E-state index in [4.69, 9.17) is 11.6 Å². The minimum Gasteiger partial charge on any atom is -0.322 e. The lowest BCUT2D eigenvalue weighted by Gasteiger charge is -2.09. The highest BCUT2D eigenvalue weighted by Gasteiger charge is 2.16. The fraction of sp³-hybridized carbons (Fsp3) is 0.0714. The van der Waals surface area contributed by atoms with Crippen LogP contribution in [0.1, 0.15) is 15.9 Å². The minimum atomic E-state index is -0.615. The summed E-state index contributed by atoms with van der Waals surface area (Å²) in [6, 6.07) is 7.47. The Morgan fingerprint density at radius 3 is 2.62 bits per heavy atom. The maximum Gasteiger partial charge on any atom is 0.270 e. The van der Waals surface area contributed by atoms with Crippen molar-refractivity contribution in [2.45, 2.75) is 6.92 Å². The summed E-state index contributed by atoms with van der Waals surface area (Å²) in [6.07, 6.45) is 0. The number of nitrogens with one attached hydrogen (secondary N) is 1. The van der Waals surface area contributed by atoms with Crippen LogP contribution in [0.5, 0.6) is 0 Å². The Bertz CT molecular complexity index is 734. The van der Waals surface area contributed by atoms with Gasteiger partial charge in [-0.25, -0.2) is 4.39 Å². The van der Waals surface area contributed by atoms with E-state index in [0.717, 1.165) is 6.07 Å². The normalized spacial score (nSPS) is 10.2. The van der Waals surface area contributed by atoms with Gasteiger partial charge in [-0.3, -0.25) is 14.9 Å². The summed E-state index contributed by atoms with van der Waals surface area (Å²) in [5.41, 5.74) is 0.684. The molecule has 0 atom stereocenters. The van der Waals surface area contributed by atoms with E-state index in [1.807, 2.05) is 0 Å². The molecule has 0 aliphatic rings. The first-order valence-corrected chi connectivity index (χ1v) is 6.27. The molecule has 108 valence electrons. The number of anilines is 1. The number of amides is 1. The third-order valence-electron chi connectivity index (χ3n) is 2.84. The molecule has 5 nitrogen and oxygen atoms in total. The van der Waals surface area contributed by atoms with Crippen molar-refractivity contribution in [1.29, 1.82) is 0 Å². The van der Waals surface area contributed by atoms with Gasteiger partial charge >= 0.3 is 0 Å². The standard InChI is InChI=1S/C14H10ClFN2O3/c1-8-6-9(16)2-5-13(8)17-14(19)11-7-10(18(20)21)3-4-12(11)15/h2-7H,1H3,(H,17,19). The molecule has 7 heteroatoms. The molecule has 21 heavy (non-hydrogen) atoms. The molecule has 2 rings (SSSR count). The van der Waals surface area contributed by atoms with Crippen molar-refractivity contribution < 1.29 is 14.1 Å². The van der Waals surface area contributed by atoms with E-state index in [1.54, 1.807) is 6.92 Å². The molecule has 1 N–H and O–H groups in total. The summed E-state index contributed by atoms with van der Waals surface area (Å²) in [6.45, 7) is 1.63. The van der Waals surface area contributed by atoms with Gasteiger partial charge in [-0.15, -0.1) is 0 Å². The number of nitro benzene ring substituents is 1. The largest absolute Gasteiger partial charge is 0.322 e. The molecule has 0 fully saturated rings. The molecule has 0 aliphatic heterocycles. The topological polar surface area (TPSA) is 72.2 Å². The number of non-ortho nitro benzene ring substituents is 1. The van der Waals surface area contributed by atoms with Gasteiger partial charge in [0.1, 0.15) is 5.82 Å². The first kappa shape index (κ1) is 14.9. The van der Waals surface area contributed by atoms with Gasteiger partial charge in [0.2, 0.25) is 0 Å². The van der Waals surface area contributed by atoms with Crippen molar-refractivity contribution in [3.63, 3.8) is 0 Å². The van der Waals surface area contributed by atoms with Crippen molar-refractivity contribution in [2.75, 3.05) is 5.32 Å². The highest BCUT2D eigenvalue weighted by molar-refractivity contribution is 6.34. The van der Waals surface area contributed by atoms with Crippen molar-refractivity contribution in [2.24, 2.45) is 0 Å². The second-order valence-electron chi connectivity index (χ2n) is 4.33. The first-order valence-electron chi connectivity index (χ1n) is 5.90. The Morgan fingerprint density at radius 2 is 2.00 bits per heavy atom. The fourth-order valence-corrected chi connectivity index (χ4v) is 1.96. The number of rotatable bonds is 3. The number of carbonyl (C=O) groups is 1. The van der Waals surface area contributed by atoms with Gasteiger partial charge in [-0.1, -0.05) is 11.6 Å². The van der Waals surface area contributed by atoms with Crippen LogP contribution in [0.4, 0.5) is 15.8 Å².